The van der Waals surface area contributed by atoms with E-state index in [0.29, 0.717) is 6.42 Å². The summed E-state index contributed by atoms with van der Waals surface area (Å²) < 4.78 is 28.2. The molecule has 0 aliphatic heterocycles. The van der Waals surface area contributed by atoms with Gasteiger partial charge in [0.15, 0.2) is 0 Å². The molecular weight excluding hydrogens is 360 g/mol. The van der Waals surface area contributed by atoms with Crippen LogP contribution in [-0.2, 0) is 21.2 Å². The van der Waals surface area contributed by atoms with Gasteiger partial charge in [0.2, 0.25) is 15.9 Å². The normalized spacial score (nSPS) is 16.2. The highest BCUT2D eigenvalue weighted by Gasteiger charge is 2.28. The highest BCUT2D eigenvalue weighted by Crippen LogP contribution is 2.18. The number of amides is 1. The molecule has 0 aromatic heterocycles. The predicted molar refractivity (Wildman–Crippen MR) is 106 cm³/mol. The minimum atomic E-state index is -3.79. The second-order valence-corrected chi connectivity index (χ2v) is 8.88. The molecule has 5 nitrogen and oxygen atoms in total. The molecule has 1 amide bonds. The zero-order chi connectivity index (χ0) is 19.3. The summed E-state index contributed by atoms with van der Waals surface area (Å²) in [6.45, 7) is 1.90. The Morgan fingerprint density at radius 3 is 2.30 bits per heavy atom. The zero-order valence-corrected chi connectivity index (χ0v) is 16.3. The Morgan fingerprint density at radius 2 is 1.67 bits per heavy atom. The van der Waals surface area contributed by atoms with Gasteiger partial charge in [0.05, 0.1) is 4.90 Å². The second-order valence-electron chi connectivity index (χ2n) is 7.17. The minimum absolute atomic E-state index is 0.139. The van der Waals surface area contributed by atoms with Crippen LogP contribution < -0.4 is 10.0 Å². The molecule has 2 N–H and O–H groups in total. The van der Waals surface area contributed by atoms with E-state index in [1.807, 2.05) is 37.3 Å². The number of nitrogens with one attached hydrogen (secondary N) is 2. The van der Waals surface area contributed by atoms with E-state index in [1.54, 1.807) is 24.3 Å². The van der Waals surface area contributed by atoms with Crippen molar-refractivity contribution in [3.8, 4) is 0 Å². The molecule has 0 unspecified atom stereocenters. The van der Waals surface area contributed by atoms with Crippen LogP contribution in [0.25, 0.3) is 0 Å². The van der Waals surface area contributed by atoms with Crippen LogP contribution in [0.1, 0.15) is 36.8 Å². The van der Waals surface area contributed by atoms with Crippen molar-refractivity contribution in [2.24, 2.45) is 0 Å². The molecule has 0 bridgehead atoms. The summed E-state index contributed by atoms with van der Waals surface area (Å²) in [7, 11) is -3.79. The molecule has 3 rings (SSSR count). The lowest BCUT2D eigenvalue weighted by Crippen LogP contribution is -2.50. The number of aryl methyl sites for hydroxylation is 1. The van der Waals surface area contributed by atoms with E-state index in [4.69, 9.17) is 0 Å². The summed E-state index contributed by atoms with van der Waals surface area (Å²) in [4.78, 5) is 13.0. The Morgan fingerprint density at radius 1 is 1.04 bits per heavy atom. The highest BCUT2D eigenvalue weighted by atomic mass is 32.2. The van der Waals surface area contributed by atoms with Crippen molar-refractivity contribution >= 4 is 15.9 Å². The van der Waals surface area contributed by atoms with Crippen molar-refractivity contribution in [3.05, 3.63) is 65.7 Å². The van der Waals surface area contributed by atoms with Gasteiger partial charge in [-0.3, -0.25) is 4.79 Å². The van der Waals surface area contributed by atoms with Crippen molar-refractivity contribution in [2.45, 2.75) is 56.0 Å². The first kappa shape index (κ1) is 19.6. The van der Waals surface area contributed by atoms with E-state index in [1.165, 1.54) is 0 Å². The van der Waals surface area contributed by atoms with Gasteiger partial charge in [-0.15, -0.1) is 0 Å². The topological polar surface area (TPSA) is 75.3 Å². The minimum Gasteiger partial charge on any atom is -0.352 e. The molecule has 2 aromatic rings. The molecule has 1 saturated carbocycles. The smallest absolute Gasteiger partial charge is 0.241 e. The maximum atomic E-state index is 12.8. The van der Waals surface area contributed by atoms with Gasteiger partial charge in [-0.05, 0) is 43.9 Å². The Balaban J connectivity index is 1.79. The summed E-state index contributed by atoms with van der Waals surface area (Å²) in [5.74, 6) is -0.263. The summed E-state index contributed by atoms with van der Waals surface area (Å²) in [6, 6.07) is 15.4. The number of hydrogen-bond donors (Lipinski definition) is 2. The van der Waals surface area contributed by atoms with Gasteiger partial charge in [0.1, 0.15) is 6.04 Å². The summed E-state index contributed by atoms with van der Waals surface area (Å²) in [5, 5.41) is 3.02. The maximum absolute atomic E-state index is 12.8. The standard InChI is InChI=1S/C21H26N2O3S/c1-16-11-13-19(14-12-16)27(25,26)23-20(15-17-7-3-2-4-8-17)21(24)22-18-9-5-6-10-18/h2-4,7-8,11-14,18,20,23H,5-6,9-10,15H2,1H3,(H,22,24)/t20-/m0/s1. The van der Waals surface area contributed by atoms with Gasteiger partial charge >= 0.3 is 0 Å². The van der Waals surface area contributed by atoms with Gasteiger partial charge in [-0.2, -0.15) is 4.72 Å². The summed E-state index contributed by atoms with van der Waals surface area (Å²) >= 11 is 0. The molecule has 27 heavy (non-hydrogen) atoms. The lowest BCUT2D eigenvalue weighted by atomic mass is 10.1. The molecule has 144 valence electrons. The van der Waals surface area contributed by atoms with E-state index in [9.17, 15) is 13.2 Å². The first-order chi connectivity index (χ1) is 12.9. The predicted octanol–water partition coefficient (Wildman–Crippen LogP) is 2.94. The Hall–Kier alpha value is -2.18. The highest BCUT2D eigenvalue weighted by molar-refractivity contribution is 7.89. The maximum Gasteiger partial charge on any atom is 0.241 e. The lowest BCUT2D eigenvalue weighted by Gasteiger charge is -2.21. The molecule has 0 spiro atoms. The fourth-order valence-electron chi connectivity index (χ4n) is 3.38. The van der Waals surface area contributed by atoms with E-state index >= 15 is 0 Å². The van der Waals surface area contributed by atoms with Crippen molar-refractivity contribution in [1.82, 2.24) is 10.0 Å². The Labute approximate surface area is 161 Å². The average Bonchev–Trinajstić information content (AvgIpc) is 3.15. The molecule has 1 atom stereocenters. The fourth-order valence-corrected chi connectivity index (χ4v) is 4.58. The molecule has 1 fully saturated rings. The molecule has 1 aliphatic rings. The van der Waals surface area contributed by atoms with Crippen LogP contribution in [0.15, 0.2) is 59.5 Å². The van der Waals surface area contributed by atoms with Crippen LogP contribution in [0.4, 0.5) is 0 Å². The number of hydrogen-bond acceptors (Lipinski definition) is 3. The quantitative estimate of drug-likeness (QED) is 0.768. The van der Waals surface area contributed by atoms with Crippen molar-refractivity contribution in [3.63, 3.8) is 0 Å². The van der Waals surface area contributed by atoms with Crippen LogP contribution >= 0.6 is 0 Å². The largest absolute Gasteiger partial charge is 0.352 e. The fraction of sp³-hybridized carbons (Fsp3) is 0.381. The SMILES string of the molecule is Cc1ccc(S(=O)(=O)N[C@@H](Cc2ccccc2)C(=O)NC2CCCC2)cc1. The van der Waals surface area contributed by atoms with Gasteiger partial charge in [0.25, 0.3) is 0 Å². The van der Waals surface area contributed by atoms with E-state index in [-0.39, 0.29) is 16.8 Å². The summed E-state index contributed by atoms with van der Waals surface area (Å²) in [6.07, 6.45) is 4.42. The Bertz CT molecular complexity index is 858. The monoisotopic (exact) mass is 386 g/mol. The third kappa shape index (κ3) is 5.40. The number of rotatable bonds is 7. The van der Waals surface area contributed by atoms with Crippen molar-refractivity contribution in [2.75, 3.05) is 0 Å². The van der Waals surface area contributed by atoms with E-state index < -0.39 is 16.1 Å². The summed E-state index contributed by atoms with van der Waals surface area (Å²) in [5.41, 5.74) is 1.89. The van der Waals surface area contributed by atoms with Crippen LogP contribution in [0.5, 0.6) is 0 Å². The van der Waals surface area contributed by atoms with Gasteiger partial charge in [-0.1, -0.05) is 60.9 Å². The molecule has 6 heteroatoms. The zero-order valence-electron chi connectivity index (χ0n) is 15.5. The third-order valence-corrected chi connectivity index (χ3v) is 6.42. The van der Waals surface area contributed by atoms with Crippen molar-refractivity contribution < 1.29 is 13.2 Å². The van der Waals surface area contributed by atoms with Crippen LogP contribution in [0.3, 0.4) is 0 Å². The first-order valence-electron chi connectivity index (χ1n) is 9.37. The van der Waals surface area contributed by atoms with Gasteiger partial charge in [-0.25, -0.2) is 8.42 Å². The number of carbonyl (C=O) groups excluding carboxylic acids is 1. The Kier molecular flexibility index (Phi) is 6.29. The van der Waals surface area contributed by atoms with Crippen LogP contribution in [-0.4, -0.2) is 26.4 Å². The van der Waals surface area contributed by atoms with Crippen molar-refractivity contribution in [1.29, 1.82) is 0 Å². The molecule has 2 aromatic carbocycles. The van der Waals surface area contributed by atoms with Crippen LogP contribution in [0.2, 0.25) is 0 Å². The molecule has 0 saturated heterocycles. The first-order valence-corrected chi connectivity index (χ1v) is 10.9. The second kappa shape index (κ2) is 8.67. The third-order valence-electron chi connectivity index (χ3n) is 4.93. The van der Waals surface area contributed by atoms with Crippen LogP contribution in [0, 0.1) is 6.92 Å². The van der Waals surface area contributed by atoms with E-state index in [2.05, 4.69) is 10.0 Å². The molecule has 0 radical (unpaired) electrons. The lowest BCUT2D eigenvalue weighted by molar-refractivity contribution is -0.123. The van der Waals surface area contributed by atoms with Gasteiger partial charge in [0, 0.05) is 6.04 Å². The molecule has 0 heterocycles. The van der Waals surface area contributed by atoms with E-state index in [0.717, 1.165) is 36.8 Å². The number of benzene rings is 2. The van der Waals surface area contributed by atoms with Gasteiger partial charge < -0.3 is 5.32 Å². The average molecular weight is 387 g/mol. The molecular formula is C21H26N2O3S. The molecule has 1 aliphatic carbocycles. The number of carbonyl (C=O) groups is 1. The number of sulfonamides is 1.